The molecule has 2 saturated heterocycles. The fourth-order valence-electron chi connectivity index (χ4n) is 8.00. The van der Waals surface area contributed by atoms with Gasteiger partial charge in [-0.25, -0.2) is 9.18 Å². The summed E-state index contributed by atoms with van der Waals surface area (Å²) < 4.78 is 54.5. The monoisotopic (exact) mass is 920 g/mol. The molecule has 342 valence electrons. The quantitative estimate of drug-likeness (QED) is 0.119. The van der Waals surface area contributed by atoms with Crippen LogP contribution >= 0.6 is 0 Å². The summed E-state index contributed by atoms with van der Waals surface area (Å²) in [5.74, 6) is 10.0. The average molecular weight is 921 g/mol. The Morgan fingerprint density at radius 1 is 1.19 bits per heavy atom. The first-order chi connectivity index (χ1) is 30.6. The number of ether oxygens (including phenoxy) is 6. The van der Waals surface area contributed by atoms with Gasteiger partial charge in [0, 0.05) is 66.2 Å². The van der Waals surface area contributed by atoms with Crippen molar-refractivity contribution in [1.29, 1.82) is 0 Å². The number of carbonyl (C=O) groups is 3. The van der Waals surface area contributed by atoms with Crippen LogP contribution in [0.15, 0.2) is 65.5 Å². The van der Waals surface area contributed by atoms with Gasteiger partial charge in [-0.15, -0.1) is 15.4 Å². The molecule has 3 aromatic rings. The number of hydrogen-bond donors (Lipinski definition) is 5. The van der Waals surface area contributed by atoms with Gasteiger partial charge in [-0.3, -0.25) is 19.9 Å². The van der Waals surface area contributed by atoms with Gasteiger partial charge in [-0.1, -0.05) is 48.9 Å². The number of pyridine rings is 1. The van der Waals surface area contributed by atoms with Crippen molar-refractivity contribution in [1.82, 2.24) is 20.6 Å². The highest BCUT2D eigenvalue weighted by Gasteiger charge is 2.56. The van der Waals surface area contributed by atoms with E-state index < -0.39 is 76.2 Å². The van der Waals surface area contributed by atoms with E-state index in [0.717, 1.165) is 7.11 Å². The Labute approximate surface area is 378 Å². The molecule has 0 saturated carbocycles. The van der Waals surface area contributed by atoms with Crippen LogP contribution < -0.4 is 10.6 Å². The number of rotatable bonds is 13. The summed E-state index contributed by atoms with van der Waals surface area (Å²) in [6, 6.07) is 6.26. The van der Waals surface area contributed by atoms with Crippen LogP contribution in [-0.4, -0.2) is 132 Å². The summed E-state index contributed by atoms with van der Waals surface area (Å²) in [6.07, 6.45) is -2.53. The maximum absolute atomic E-state index is 18.0. The van der Waals surface area contributed by atoms with Crippen LogP contribution in [0.5, 0.6) is 5.75 Å². The summed E-state index contributed by atoms with van der Waals surface area (Å²) in [5, 5.41) is 28.7. The molecule has 3 aliphatic rings. The number of alkyl carbamates (subject to hydrolysis) is 1. The lowest BCUT2D eigenvalue weighted by Gasteiger charge is -2.45. The minimum absolute atomic E-state index is 0.00284. The zero-order chi connectivity index (χ0) is 46.3. The zero-order valence-electron chi connectivity index (χ0n) is 36.6. The van der Waals surface area contributed by atoms with Gasteiger partial charge in [0.05, 0.1) is 49.3 Å². The van der Waals surface area contributed by atoms with Gasteiger partial charge in [-0.05, 0) is 62.1 Å². The molecule has 18 heteroatoms. The molecule has 2 fully saturated rings. The third kappa shape index (κ3) is 11.0. The van der Waals surface area contributed by atoms with Crippen LogP contribution in [0, 0.1) is 23.7 Å². The number of aromatic amines is 1. The molecular weight excluding hydrogens is 868 g/mol. The lowest BCUT2D eigenvalue weighted by molar-refractivity contribution is -0.315. The van der Waals surface area contributed by atoms with Crippen molar-refractivity contribution in [2.45, 2.75) is 108 Å². The Morgan fingerprint density at radius 2 is 1.95 bits per heavy atom. The number of Topliss-reactive ketones (excluding diaryl/α,β-unsaturated/α-hetero) is 2. The fraction of sp³-hybridized carbons (Fsp3) is 0.478. The van der Waals surface area contributed by atoms with Gasteiger partial charge in [0.1, 0.15) is 23.7 Å². The predicted octanol–water partition coefficient (Wildman–Crippen LogP) is 4.51. The number of aromatic nitrogens is 2. The van der Waals surface area contributed by atoms with E-state index in [1.807, 2.05) is 20.1 Å². The number of H-pyrrole nitrogens is 1. The van der Waals surface area contributed by atoms with Crippen molar-refractivity contribution in [2.24, 2.45) is 0 Å². The summed E-state index contributed by atoms with van der Waals surface area (Å²) in [6.45, 7) is 7.20. The third-order valence-electron chi connectivity index (χ3n) is 11.1. The van der Waals surface area contributed by atoms with Crippen molar-refractivity contribution in [3.8, 4) is 29.4 Å². The number of benzene rings is 1. The number of alkyl halides is 1. The number of phenols is 1. The molecule has 8 unspecified atom stereocenters. The summed E-state index contributed by atoms with van der Waals surface area (Å²) in [7, 11) is 2.13. The SMILES string of the molecule is CC#C/C=C\C#C[C@H](OC1OC(C)C(F)(C(=O)c2nccc3c2[nH]c2ccc(O)cc23)CC1OC1CC(OC)C(NC(C)C)CO1)C1=C(NC(=O)OC)C(=O)C[C@H](O)/C1=C/CS(C)=S. The second-order valence-corrected chi connectivity index (χ2v) is 19.0. The van der Waals surface area contributed by atoms with E-state index in [9.17, 15) is 24.6 Å². The third-order valence-corrected chi connectivity index (χ3v) is 12.1. The largest absolute Gasteiger partial charge is 0.508 e. The first-order valence-electron chi connectivity index (χ1n) is 20.7. The van der Waals surface area contributed by atoms with Crippen LogP contribution in [-0.2, 0) is 53.9 Å². The van der Waals surface area contributed by atoms with Gasteiger partial charge in [-0.2, -0.15) is 0 Å². The Kier molecular flexibility index (Phi) is 16.3. The number of ketones is 2. The van der Waals surface area contributed by atoms with Crippen LogP contribution in [0.4, 0.5) is 9.18 Å². The number of nitrogens with zero attached hydrogens (tertiary/aromatic N) is 1. The summed E-state index contributed by atoms with van der Waals surface area (Å²) in [5.41, 5.74) is -2.14. The Bertz CT molecular complexity index is 2500. The van der Waals surface area contributed by atoms with Gasteiger partial charge < -0.3 is 48.9 Å². The van der Waals surface area contributed by atoms with E-state index in [4.69, 9.17) is 39.6 Å². The molecule has 64 heavy (non-hydrogen) atoms. The smallest absolute Gasteiger partial charge is 0.411 e. The van der Waals surface area contributed by atoms with Crippen LogP contribution in [0.25, 0.3) is 21.8 Å². The van der Waals surface area contributed by atoms with E-state index in [1.54, 1.807) is 32.2 Å². The summed E-state index contributed by atoms with van der Waals surface area (Å²) in [4.78, 5) is 48.6. The summed E-state index contributed by atoms with van der Waals surface area (Å²) >= 11 is 5.46. The first-order valence-corrected chi connectivity index (χ1v) is 23.4. The number of amides is 1. The number of halogens is 1. The molecule has 10 atom stereocenters. The highest BCUT2D eigenvalue weighted by molar-refractivity contribution is 8.28. The van der Waals surface area contributed by atoms with Crippen molar-refractivity contribution >= 4 is 60.1 Å². The average Bonchev–Trinajstić information content (AvgIpc) is 3.63. The number of hydrogen-bond acceptors (Lipinski definition) is 14. The van der Waals surface area contributed by atoms with E-state index in [0.29, 0.717) is 22.0 Å². The van der Waals surface area contributed by atoms with E-state index in [2.05, 4.69) is 44.3 Å². The number of allylic oxidation sites excluding steroid dienone is 3. The molecule has 15 nitrogen and oxygen atoms in total. The van der Waals surface area contributed by atoms with Gasteiger partial charge in [0.25, 0.3) is 0 Å². The number of aliphatic hydroxyl groups is 1. The van der Waals surface area contributed by atoms with Crippen molar-refractivity contribution < 1.29 is 57.4 Å². The number of aliphatic hydroxyl groups excluding tert-OH is 1. The second kappa shape index (κ2) is 21.4. The number of aromatic hydroxyl groups is 1. The van der Waals surface area contributed by atoms with Crippen molar-refractivity contribution in [2.75, 3.05) is 32.8 Å². The van der Waals surface area contributed by atoms with E-state index in [-0.39, 0.29) is 71.4 Å². The molecule has 1 amide bonds. The highest BCUT2D eigenvalue weighted by atomic mass is 32.8. The van der Waals surface area contributed by atoms with Crippen LogP contribution in [0.2, 0.25) is 0 Å². The lowest BCUT2D eigenvalue weighted by Crippen LogP contribution is -2.60. The molecule has 1 aliphatic carbocycles. The molecule has 4 heterocycles. The fourth-order valence-corrected chi connectivity index (χ4v) is 8.62. The Hall–Kier alpha value is -4.86. The van der Waals surface area contributed by atoms with Gasteiger partial charge in [0.15, 0.2) is 18.4 Å². The predicted molar refractivity (Wildman–Crippen MR) is 242 cm³/mol. The maximum atomic E-state index is 18.0. The van der Waals surface area contributed by atoms with E-state index >= 15 is 4.39 Å². The molecular formula is C46H53FN4O11S2. The van der Waals surface area contributed by atoms with Crippen molar-refractivity contribution in [3.63, 3.8) is 0 Å². The Balaban J connectivity index is 1.45. The number of fused-ring (bicyclic) bond motifs is 3. The normalized spacial score (nSPS) is 27.9. The zero-order valence-corrected chi connectivity index (χ0v) is 38.2. The number of nitrogens with one attached hydrogen (secondary N) is 3. The molecule has 0 spiro atoms. The maximum Gasteiger partial charge on any atom is 0.411 e. The van der Waals surface area contributed by atoms with Gasteiger partial charge >= 0.3 is 6.09 Å². The molecule has 0 radical (unpaired) electrons. The molecule has 6 rings (SSSR count). The van der Waals surface area contributed by atoms with Crippen LogP contribution in [0.3, 0.4) is 0 Å². The topological polar surface area (TPSA) is 200 Å². The minimum atomic E-state index is -2.77. The molecule has 2 aromatic heterocycles. The molecule has 5 N–H and O–H groups in total. The minimum Gasteiger partial charge on any atom is -0.508 e. The highest BCUT2D eigenvalue weighted by Crippen LogP contribution is 2.42. The van der Waals surface area contributed by atoms with E-state index in [1.165, 1.54) is 37.4 Å². The molecule has 1 aromatic carbocycles. The molecule has 2 aliphatic heterocycles. The Morgan fingerprint density at radius 3 is 2.66 bits per heavy atom. The number of carbonyl (C=O) groups excluding carboxylic acids is 3. The number of methoxy groups -OCH3 is 2. The van der Waals surface area contributed by atoms with Crippen molar-refractivity contribution in [3.05, 3.63) is 71.2 Å². The number of phenolic OH excluding ortho intramolecular Hbond substituents is 1. The molecule has 0 bridgehead atoms. The van der Waals surface area contributed by atoms with Gasteiger partial charge in [0.2, 0.25) is 11.5 Å². The second-order valence-electron chi connectivity index (χ2n) is 15.8. The van der Waals surface area contributed by atoms with Crippen LogP contribution in [0.1, 0.15) is 57.4 Å². The lowest BCUT2D eigenvalue weighted by atomic mass is 9.83. The first kappa shape index (κ1) is 48.6. The standard InChI is InChI=1S/C46H53FN4O11S2/c1-8-9-10-11-12-13-35(39-29(17-19-64(7)63)33(53)21-34(54)41(39)51-45(56)58-6)62-44-37(61-38-22-36(57-5)32(24-59-38)49-25(2)3)23-46(47,26(4)60-44)43(55)42-40-28(16-18-48-42)30-20-27(52)14-15-31(30)50-40/h10-11,14-18,20,25-26,32-33,35-38,44,49-50,52-53H,19,21-24H2,1-7H3,(H,51,56)/b11-10-,29-17-/t26?,32?,33-,35-,36?,37?,38?,44?,46?,64?/m0/s1.